The molecule has 2 N–H and O–H groups in total. The van der Waals surface area contributed by atoms with E-state index < -0.39 is 0 Å². The monoisotopic (exact) mass is 495 g/mol. The summed E-state index contributed by atoms with van der Waals surface area (Å²) in [6.07, 6.45) is 0. The molecule has 0 spiro atoms. The third-order valence-electron chi connectivity index (χ3n) is 3.10. The van der Waals surface area contributed by atoms with E-state index in [1.807, 2.05) is 6.92 Å². The number of hydrogen-bond acceptors (Lipinski definition) is 4. The van der Waals surface area contributed by atoms with Gasteiger partial charge >= 0.3 is 0 Å². The van der Waals surface area contributed by atoms with Gasteiger partial charge in [-0.3, -0.25) is 4.79 Å². The number of rotatable bonds is 7. The van der Waals surface area contributed by atoms with Crippen molar-refractivity contribution >= 4 is 57.4 Å². The zero-order valence-corrected chi connectivity index (χ0v) is 17.0. The van der Waals surface area contributed by atoms with Crippen LogP contribution in [0.5, 0.6) is 11.5 Å². The molecule has 0 aliphatic carbocycles. The summed E-state index contributed by atoms with van der Waals surface area (Å²) in [6.45, 7) is 1.99. The summed E-state index contributed by atoms with van der Waals surface area (Å²) in [5, 5.41) is 12.7. The van der Waals surface area contributed by atoms with E-state index in [0.29, 0.717) is 39.4 Å². The average Bonchev–Trinajstić information content (AvgIpc) is 2.57. The van der Waals surface area contributed by atoms with E-state index in [0.717, 1.165) is 3.57 Å². The molecular formula is C17H16Cl2INO4. The highest BCUT2D eigenvalue weighted by atomic mass is 127. The highest BCUT2D eigenvalue weighted by molar-refractivity contribution is 14.1. The molecule has 1 amide bonds. The highest BCUT2D eigenvalue weighted by Gasteiger charge is 2.14. The van der Waals surface area contributed by atoms with Gasteiger partial charge in [-0.05, 0) is 65.4 Å². The van der Waals surface area contributed by atoms with Gasteiger partial charge in [0.15, 0.2) is 18.1 Å². The number of anilines is 1. The smallest absolute Gasteiger partial charge is 0.262 e. The van der Waals surface area contributed by atoms with Crippen molar-refractivity contribution in [1.29, 1.82) is 0 Å². The molecule has 2 aromatic carbocycles. The molecule has 0 atom stereocenters. The zero-order chi connectivity index (χ0) is 18.4. The number of ether oxygens (including phenoxy) is 2. The van der Waals surface area contributed by atoms with E-state index >= 15 is 0 Å². The van der Waals surface area contributed by atoms with Gasteiger partial charge in [-0.25, -0.2) is 0 Å². The van der Waals surface area contributed by atoms with Gasteiger partial charge in [0.25, 0.3) is 5.91 Å². The number of amides is 1. The van der Waals surface area contributed by atoms with Crippen molar-refractivity contribution in [3.8, 4) is 11.5 Å². The zero-order valence-electron chi connectivity index (χ0n) is 13.3. The number of benzene rings is 2. The summed E-state index contributed by atoms with van der Waals surface area (Å²) in [7, 11) is 0. The minimum atomic E-state index is -0.345. The Morgan fingerprint density at radius 1 is 1.20 bits per heavy atom. The van der Waals surface area contributed by atoms with Gasteiger partial charge in [0, 0.05) is 5.69 Å². The SMILES string of the molecule is CCOc1cc(CO)cc(I)c1OCC(=O)Nc1ccc(Cl)c(Cl)c1. The fourth-order valence-corrected chi connectivity index (χ4v) is 3.14. The number of halogens is 3. The second-order valence-electron chi connectivity index (χ2n) is 4.96. The Balaban J connectivity index is 2.06. The summed E-state index contributed by atoms with van der Waals surface area (Å²) >= 11 is 13.8. The fourth-order valence-electron chi connectivity index (χ4n) is 2.02. The van der Waals surface area contributed by atoms with Gasteiger partial charge < -0.3 is 19.9 Å². The first-order valence-electron chi connectivity index (χ1n) is 7.38. The average molecular weight is 496 g/mol. The quantitative estimate of drug-likeness (QED) is 0.555. The molecule has 0 heterocycles. The van der Waals surface area contributed by atoms with Crippen LogP contribution in [0, 0.1) is 3.57 Å². The van der Waals surface area contributed by atoms with Crippen molar-refractivity contribution in [2.75, 3.05) is 18.5 Å². The molecule has 25 heavy (non-hydrogen) atoms. The molecule has 0 saturated carbocycles. The first-order chi connectivity index (χ1) is 11.9. The molecule has 0 saturated heterocycles. The molecule has 0 aliphatic heterocycles. The van der Waals surface area contributed by atoms with Crippen LogP contribution in [0.4, 0.5) is 5.69 Å². The Hall–Kier alpha value is -1.22. The van der Waals surface area contributed by atoms with Gasteiger partial charge in [0.1, 0.15) is 0 Å². The largest absolute Gasteiger partial charge is 0.490 e. The number of aliphatic hydroxyl groups is 1. The van der Waals surface area contributed by atoms with Crippen molar-refractivity contribution in [3.63, 3.8) is 0 Å². The third kappa shape index (κ3) is 5.64. The number of carbonyl (C=O) groups excluding carboxylic acids is 1. The van der Waals surface area contributed by atoms with Gasteiger partial charge in [-0.1, -0.05) is 23.2 Å². The molecular weight excluding hydrogens is 480 g/mol. The van der Waals surface area contributed by atoms with E-state index in [4.69, 9.17) is 32.7 Å². The van der Waals surface area contributed by atoms with E-state index in [9.17, 15) is 9.90 Å². The van der Waals surface area contributed by atoms with Crippen LogP contribution in [0.1, 0.15) is 12.5 Å². The van der Waals surface area contributed by atoms with Gasteiger partial charge in [0.2, 0.25) is 0 Å². The third-order valence-corrected chi connectivity index (χ3v) is 4.64. The van der Waals surface area contributed by atoms with Crippen LogP contribution in [-0.4, -0.2) is 24.2 Å². The van der Waals surface area contributed by atoms with Gasteiger partial charge in [0.05, 0.1) is 26.8 Å². The Labute approximate surface area is 169 Å². The standard InChI is InChI=1S/C17H16Cl2INO4/c1-2-24-15-6-10(8-22)5-14(20)17(15)25-9-16(23)21-11-3-4-12(18)13(19)7-11/h3-7,22H,2,8-9H2,1H3,(H,21,23). The Morgan fingerprint density at radius 3 is 2.60 bits per heavy atom. The predicted octanol–water partition coefficient (Wildman–Crippen LogP) is 4.51. The fraction of sp³-hybridized carbons (Fsp3) is 0.235. The normalized spacial score (nSPS) is 10.4. The van der Waals surface area contributed by atoms with Crippen LogP contribution in [0.2, 0.25) is 10.0 Å². The van der Waals surface area contributed by atoms with Crippen LogP contribution >= 0.6 is 45.8 Å². The Kier molecular flexibility index (Phi) is 7.61. The Morgan fingerprint density at radius 2 is 1.96 bits per heavy atom. The maximum atomic E-state index is 12.1. The van der Waals surface area contributed by atoms with Gasteiger partial charge in [-0.2, -0.15) is 0 Å². The molecule has 0 unspecified atom stereocenters. The summed E-state index contributed by atoms with van der Waals surface area (Å²) in [6, 6.07) is 8.28. The second-order valence-corrected chi connectivity index (χ2v) is 6.94. The van der Waals surface area contributed by atoms with Crippen LogP contribution in [0.25, 0.3) is 0 Å². The summed E-state index contributed by atoms with van der Waals surface area (Å²) in [4.78, 5) is 12.1. The lowest BCUT2D eigenvalue weighted by molar-refractivity contribution is -0.118. The predicted molar refractivity (Wildman–Crippen MR) is 107 cm³/mol. The molecule has 2 rings (SSSR count). The number of carbonyl (C=O) groups is 1. The Bertz CT molecular complexity index is 771. The molecule has 0 radical (unpaired) electrons. The van der Waals surface area contributed by atoms with Crippen LogP contribution in [0.15, 0.2) is 30.3 Å². The minimum Gasteiger partial charge on any atom is -0.490 e. The van der Waals surface area contributed by atoms with E-state index in [1.165, 1.54) is 0 Å². The van der Waals surface area contributed by atoms with Crippen LogP contribution in [0.3, 0.4) is 0 Å². The lowest BCUT2D eigenvalue weighted by Crippen LogP contribution is -2.20. The second kappa shape index (κ2) is 9.47. The topological polar surface area (TPSA) is 67.8 Å². The summed E-state index contributed by atoms with van der Waals surface area (Å²) < 4.78 is 11.9. The summed E-state index contributed by atoms with van der Waals surface area (Å²) in [5.41, 5.74) is 1.24. The lowest BCUT2D eigenvalue weighted by atomic mass is 10.2. The molecule has 8 heteroatoms. The van der Waals surface area contributed by atoms with E-state index in [-0.39, 0.29) is 19.1 Å². The minimum absolute atomic E-state index is 0.103. The number of nitrogens with one attached hydrogen (secondary N) is 1. The first kappa shape index (κ1) is 20.1. The van der Waals surface area contributed by atoms with Crippen LogP contribution < -0.4 is 14.8 Å². The van der Waals surface area contributed by atoms with Crippen LogP contribution in [-0.2, 0) is 11.4 Å². The number of aliphatic hydroxyl groups excluding tert-OH is 1. The maximum absolute atomic E-state index is 12.1. The molecule has 134 valence electrons. The van der Waals surface area contributed by atoms with E-state index in [1.54, 1.807) is 30.3 Å². The first-order valence-corrected chi connectivity index (χ1v) is 9.21. The van der Waals surface area contributed by atoms with Crippen molar-refractivity contribution in [2.45, 2.75) is 13.5 Å². The molecule has 0 aromatic heterocycles. The molecule has 0 aliphatic rings. The molecule has 5 nitrogen and oxygen atoms in total. The van der Waals surface area contributed by atoms with Crippen molar-refractivity contribution in [1.82, 2.24) is 0 Å². The molecule has 2 aromatic rings. The lowest BCUT2D eigenvalue weighted by Gasteiger charge is -2.15. The number of hydrogen-bond donors (Lipinski definition) is 2. The van der Waals surface area contributed by atoms with Crippen molar-refractivity contribution in [2.24, 2.45) is 0 Å². The molecule has 0 fully saturated rings. The summed E-state index contributed by atoms with van der Waals surface area (Å²) in [5.74, 6) is 0.604. The van der Waals surface area contributed by atoms with Crippen molar-refractivity contribution < 1.29 is 19.4 Å². The van der Waals surface area contributed by atoms with Gasteiger partial charge in [-0.15, -0.1) is 0 Å². The van der Waals surface area contributed by atoms with Crippen molar-refractivity contribution in [3.05, 3.63) is 49.5 Å². The molecule has 0 bridgehead atoms. The van der Waals surface area contributed by atoms with E-state index in [2.05, 4.69) is 27.9 Å². The highest BCUT2D eigenvalue weighted by Crippen LogP contribution is 2.34. The maximum Gasteiger partial charge on any atom is 0.262 e.